The predicted octanol–water partition coefficient (Wildman–Crippen LogP) is 4.89. The Hall–Kier alpha value is -1.99. The van der Waals surface area contributed by atoms with Crippen LogP contribution in [0, 0.1) is 0 Å². The molecule has 3 aromatic rings. The summed E-state index contributed by atoms with van der Waals surface area (Å²) in [5.41, 5.74) is 4.92. The van der Waals surface area contributed by atoms with Crippen LogP contribution in [0.3, 0.4) is 0 Å². The first-order valence-corrected chi connectivity index (χ1v) is 10.8. The normalized spacial score (nSPS) is 13.7. The highest BCUT2D eigenvalue weighted by molar-refractivity contribution is 7.47. The van der Waals surface area contributed by atoms with Gasteiger partial charge in [0.1, 0.15) is 0 Å². The second kappa shape index (κ2) is 9.80. The summed E-state index contributed by atoms with van der Waals surface area (Å²) in [5, 5.41) is 15.4. The van der Waals surface area contributed by atoms with Crippen LogP contribution in [0.4, 0.5) is 0 Å². The van der Waals surface area contributed by atoms with Crippen LogP contribution in [-0.4, -0.2) is 17.4 Å². The van der Waals surface area contributed by atoms with Gasteiger partial charge in [-0.25, -0.2) is 0 Å². The number of aryl methyl sites for hydroxylation is 1. The van der Waals surface area contributed by atoms with Gasteiger partial charge in [-0.2, -0.15) is 0 Å². The molecule has 2 nitrogen and oxygen atoms in total. The zero-order valence-electron chi connectivity index (χ0n) is 16.0. The van der Waals surface area contributed by atoms with Gasteiger partial charge in [0, 0.05) is 12.3 Å². The second-order valence-electron chi connectivity index (χ2n) is 6.80. The van der Waals surface area contributed by atoms with Crippen molar-refractivity contribution < 1.29 is 5.11 Å². The summed E-state index contributed by atoms with van der Waals surface area (Å²) < 4.78 is 0. The van der Waals surface area contributed by atoms with Crippen molar-refractivity contribution in [3.63, 3.8) is 0 Å². The number of benzene rings is 3. The van der Waals surface area contributed by atoms with E-state index in [4.69, 9.17) is 0 Å². The van der Waals surface area contributed by atoms with E-state index < -0.39 is 6.10 Å². The van der Waals surface area contributed by atoms with Gasteiger partial charge in [0.15, 0.2) is 0 Å². The Morgan fingerprint density at radius 1 is 0.926 bits per heavy atom. The van der Waals surface area contributed by atoms with Crippen LogP contribution in [0.25, 0.3) is 11.1 Å². The second-order valence-corrected chi connectivity index (χ2v) is 8.05. The molecule has 0 radical (unpaired) electrons. The van der Waals surface area contributed by atoms with E-state index >= 15 is 0 Å². The molecule has 0 aliphatic carbocycles. The van der Waals surface area contributed by atoms with Crippen molar-refractivity contribution >= 4 is 13.9 Å². The maximum absolute atomic E-state index is 10.5. The van der Waals surface area contributed by atoms with Gasteiger partial charge >= 0.3 is 0 Å². The van der Waals surface area contributed by atoms with Gasteiger partial charge in [-0.05, 0) is 40.9 Å². The average molecular weight is 377 g/mol. The highest BCUT2D eigenvalue weighted by atomic mass is 31.1. The SMILES string of the molecule is CCc1cccc(-c2ccccc2PCN[C@@H](C)[C@H](O)c2ccccc2)c1. The van der Waals surface area contributed by atoms with Gasteiger partial charge in [-0.15, -0.1) is 0 Å². The molecule has 3 aromatic carbocycles. The Kier molecular flexibility index (Phi) is 7.18. The number of aliphatic hydroxyl groups is 1. The van der Waals surface area contributed by atoms with Crippen LogP contribution in [0.2, 0.25) is 0 Å². The molecule has 2 N–H and O–H groups in total. The minimum absolute atomic E-state index is 0.00971. The summed E-state index contributed by atoms with van der Waals surface area (Å²) >= 11 is 0. The first-order chi connectivity index (χ1) is 13.2. The first kappa shape index (κ1) is 19.8. The lowest BCUT2D eigenvalue weighted by Crippen LogP contribution is -2.32. The molecule has 0 heterocycles. The molecule has 0 aliphatic rings. The average Bonchev–Trinajstić information content (AvgIpc) is 2.74. The molecule has 3 rings (SSSR count). The summed E-state index contributed by atoms with van der Waals surface area (Å²) in [6, 6.07) is 27.3. The van der Waals surface area contributed by atoms with E-state index in [0.29, 0.717) is 8.58 Å². The lowest BCUT2D eigenvalue weighted by molar-refractivity contribution is 0.139. The van der Waals surface area contributed by atoms with Crippen molar-refractivity contribution in [2.75, 3.05) is 6.29 Å². The number of rotatable bonds is 8. The number of hydrogen-bond donors (Lipinski definition) is 2. The Balaban J connectivity index is 1.65. The van der Waals surface area contributed by atoms with Gasteiger partial charge in [0.2, 0.25) is 0 Å². The van der Waals surface area contributed by atoms with Crippen molar-refractivity contribution in [1.82, 2.24) is 5.32 Å². The van der Waals surface area contributed by atoms with Gasteiger partial charge in [0.25, 0.3) is 0 Å². The standard InChI is InChI=1S/C24H28NOP/c1-3-19-10-9-13-21(16-19)22-14-7-8-15-23(22)27-17-25-18(2)24(26)20-11-5-4-6-12-20/h4-16,18,24-27H,3,17H2,1-2H3/t18-,24-/m0/s1. The lowest BCUT2D eigenvalue weighted by Gasteiger charge is -2.21. The van der Waals surface area contributed by atoms with Gasteiger partial charge in [0.05, 0.1) is 6.10 Å². The third-order valence-electron chi connectivity index (χ3n) is 4.89. The topological polar surface area (TPSA) is 32.3 Å². The maximum Gasteiger partial charge on any atom is 0.0940 e. The molecule has 0 amide bonds. The fraction of sp³-hybridized carbons (Fsp3) is 0.250. The van der Waals surface area contributed by atoms with E-state index in [1.165, 1.54) is 22.0 Å². The number of hydrogen-bond acceptors (Lipinski definition) is 2. The van der Waals surface area contributed by atoms with Crippen molar-refractivity contribution in [2.45, 2.75) is 32.4 Å². The van der Waals surface area contributed by atoms with Crippen LogP contribution in [-0.2, 0) is 6.42 Å². The molecule has 0 saturated heterocycles. The highest BCUT2D eigenvalue weighted by Gasteiger charge is 2.15. The Bertz CT molecular complexity index is 850. The third kappa shape index (κ3) is 5.26. The van der Waals surface area contributed by atoms with E-state index in [2.05, 4.69) is 60.8 Å². The summed E-state index contributed by atoms with van der Waals surface area (Å²) in [6.45, 7) is 4.23. The summed E-state index contributed by atoms with van der Waals surface area (Å²) in [5.74, 6) is 0. The maximum atomic E-state index is 10.5. The molecule has 3 atom stereocenters. The number of aliphatic hydroxyl groups excluding tert-OH is 1. The fourth-order valence-electron chi connectivity index (χ4n) is 3.21. The quantitative estimate of drug-likeness (QED) is 0.548. The van der Waals surface area contributed by atoms with Crippen LogP contribution >= 0.6 is 8.58 Å². The fourth-order valence-corrected chi connectivity index (χ4v) is 4.45. The van der Waals surface area contributed by atoms with Crippen molar-refractivity contribution in [2.24, 2.45) is 0 Å². The van der Waals surface area contributed by atoms with E-state index in [9.17, 15) is 5.11 Å². The molecule has 0 saturated carbocycles. The zero-order valence-corrected chi connectivity index (χ0v) is 17.0. The van der Waals surface area contributed by atoms with Gasteiger partial charge in [-0.3, -0.25) is 0 Å². The first-order valence-electron chi connectivity index (χ1n) is 9.57. The van der Waals surface area contributed by atoms with Crippen molar-refractivity contribution in [3.05, 3.63) is 90.0 Å². The van der Waals surface area contributed by atoms with Crippen molar-refractivity contribution in [3.8, 4) is 11.1 Å². The minimum Gasteiger partial charge on any atom is -0.387 e. The van der Waals surface area contributed by atoms with E-state index in [0.717, 1.165) is 18.3 Å². The van der Waals surface area contributed by atoms with Gasteiger partial charge < -0.3 is 10.4 Å². The third-order valence-corrected chi connectivity index (χ3v) is 6.09. The molecule has 0 bridgehead atoms. The van der Waals surface area contributed by atoms with Gasteiger partial charge in [-0.1, -0.05) is 94.4 Å². The van der Waals surface area contributed by atoms with Crippen LogP contribution in [0.5, 0.6) is 0 Å². The van der Waals surface area contributed by atoms with E-state index in [1.54, 1.807) is 0 Å². The molecular formula is C24H28NOP. The molecular weight excluding hydrogens is 349 g/mol. The van der Waals surface area contributed by atoms with Crippen molar-refractivity contribution in [1.29, 1.82) is 0 Å². The summed E-state index contributed by atoms with van der Waals surface area (Å²) in [6.07, 6.45) is 1.41. The lowest BCUT2D eigenvalue weighted by atomic mass is 10.0. The Labute approximate surface area is 164 Å². The molecule has 0 spiro atoms. The van der Waals surface area contributed by atoms with Crippen LogP contribution in [0.15, 0.2) is 78.9 Å². The smallest absolute Gasteiger partial charge is 0.0940 e. The highest BCUT2D eigenvalue weighted by Crippen LogP contribution is 2.25. The molecule has 0 aromatic heterocycles. The zero-order chi connectivity index (χ0) is 19.1. The van der Waals surface area contributed by atoms with E-state index in [-0.39, 0.29) is 6.04 Å². The number of nitrogens with one attached hydrogen (secondary N) is 1. The minimum atomic E-state index is -0.493. The molecule has 0 aliphatic heterocycles. The Morgan fingerprint density at radius 2 is 1.67 bits per heavy atom. The molecule has 3 heteroatoms. The van der Waals surface area contributed by atoms with Crippen LogP contribution in [0.1, 0.15) is 31.1 Å². The summed E-state index contributed by atoms with van der Waals surface area (Å²) in [7, 11) is 0.647. The van der Waals surface area contributed by atoms with E-state index in [1.807, 2.05) is 37.3 Å². The molecule has 140 valence electrons. The molecule has 1 unspecified atom stereocenters. The monoisotopic (exact) mass is 377 g/mol. The van der Waals surface area contributed by atoms with Crippen LogP contribution < -0.4 is 10.6 Å². The molecule has 27 heavy (non-hydrogen) atoms. The largest absolute Gasteiger partial charge is 0.387 e. The molecule has 0 fully saturated rings. The predicted molar refractivity (Wildman–Crippen MR) is 118 cm³/mol. The Morgan fingerprint density at radius 3 is 2.44 bits per heavy atom. The summed E-state index contributed by atoms with van der Waals surface area (Å²) in [4.78, 5) is 0.